The average Bonchev–Trinajstić information content (AvgIpc) is 3.09. The highest BCUT2D eigenvalue weighted by molar-refractivity contribution is 5.74. The predicted octanol–water partition coefficient (Wildman–Crippen LogP) is 2.11. The van der Waals surface area contributed by atoms with E-state index < -0.39 is 0 Å². The lowest BCUT2D eigenvalue weighted by Crippen LogP contribution is -2.46. The molecule has 24 heavy (non-hydrogen) atoms. The lowest BCUT2D eigenvalue weighted by atomic mass is 9.99. The molecule has 136 valence electrons. The van der Waals surface area contributed by atoms with E-state index in [1.54, 1.807) is 7.11 Å². The Hall–Kier alpha value is -1.14. The molecular formula is C18H29NO5. The van der Waals surface area contributed by atoms with Crippen molar-refractivity contribution in [3.63, 3.8) is 0 Å². The molecule has 1 unspecified atom stereocenters. The number of carbonyl (C=O) groups excluding carboxylic acids is 2. The summed E-state index contributed by atoms with van der Waals surface area (Å²) in [6.07, 6.45) is 4.96. The number of ether oxygens (including phenoxy) is 3. The number of nitrogens with zero attached hydrogens (tertiary/aromatic N) is 1. The van der Waals surface area contributed by atoms with Gasteiger partial charge in [0, 0.05) is 20.1 Å². The SMILES string of the molecule is CO[C@@H]1CCCN2C(CC[C@H]2[C@@H]2C[C@H](C)C(=O)O2)OC(=O)[C@H](C)C1. The molecule has 3 fully saturated rings. The Bertz CT molecular complexity index is 482. The Kier molecular flexibility index (Phi) is 5.45. The number of esters is 2. The second-order valence-electron chi connectivity index (χ2n) is 7.52. The fraction of sp³-hybridized carbons (Fsp3) is 0.889. The number of fused-ring (bicyclic) bond motifs is 1. The molecule has 0 spiro atoms. The van der Waals surface area contributed by atoms with E-state index >= 15 is 0 Å². The summed E-state index contributed by atoms with van der Waals surface area (Å²) >= 11 is 0. The van der Waals surface area contributed by atoms with Crippen molar-refractivity contribution >= 4 is 11.9 Å². The molecule has 0 aromatic rings. The van der Waals surface area contributed by atoms with Crippen LogP contribution in [-0.2, 0) is 23.8 Å². The van der Waals surface area contributed by atoms with E-state index in [9.17, 15) is 9.59 Å². The van der Waals surface area contributed by atoms with Crippen molar-refractivity contribution in [1.82, 2.24) is 4.90 Å². The number of hydrogen-bond donors (Lipinski definition) is 0. The molecule has 0 aliphatic carbocycles. The van der Waals surface area contributed by atoms with Crippen molar-refractivity contribution in [2.24, 2.45) is 11.8 Å². The van der Waals surface area contributed by atoms with Crippen LogP contribution in [0.5, 0.6) is 0 Å². The number of cyclic esters (lactones) is 1. The second-order valence-corrected chi connectivity index (χ2v) is 7.52. The Balaban J connectivity index is 1.71. The van der Waals surface area contributed by atoms with Crippen molar-refractivity contribution in [1.29, 1.82) is 0 Å². The van der Waals surface area contributed by atoms with Crippen LogP contribution in [0.25, 0.3) is 0 Å². The van der Waals surface area contributed by atoms with Crippen LogP contribution in [0.15, 0.2) is 0 Å². The molecule has 0 radical (unpaired) electrons. The fourth-order valence-corrected chi connectivity index (χ4v) is 4.26. The zero-order valence-electron chi connectivity index (χ0n) is 14.9. The monoisotopic (exact) mass is 339 g/mol. The van der Waals surface area contributed by atoms with Crippen molar-refractivity contribution in [3.8, 4) is 0 Å². The standard InChI is InChI=1S/C18H29NO5/c1-11-9-13(22-3)5-4-8-19-14(6-7-16(19)24-18(11)21)15-10-12(2)17(20)23-15/h11-16H,4-10H2,1-3H3/t11-,12+,13-,14+,15+,16?/m1/s1. The highest BCUT2D eigenvalue weighted by Gasteiger charge is 2.45. The summed E-state index contributed by atoms with van der Waals surface area (Å²) in [5.74, 6) is -0.436. The highest BCUT2D eigenvalue weighted by Crippen LogP contribution is 2.35. The molecule has 3 aliphatic heterocycles. The van der Waals surface area contributed by atoms with Gasteiger partial charge in [0.1, 0.15) is 6.10 Å². The summed E-state index contributed by atoms with van der Waals surface area (Å²) < 4.78 is 16.9. The summed E-state index contributed by atoms with van der Waals surface area (Å²) in [6, 6.07) is 0.160. The van der Waals surface area contributed by atoms with E-state index in [-0.39, 0.29) is 48.3 Å². The predicted molar refractivity (Wildman–Crippen MR) is 87.1 cm³/mol. The van der Waals surface area contributed by atoms with E-state index in [1.807, 2.05) is 13.8 Å². The molecule has 0 bridgehead atoms. The van der Waals surface area contributed by atoms with Gasteiger partial charge in [-0.2, -0.15) is 0 Å². The maximum absolute atomic E-state index is 12.4. The minimum Gasteiger partial charge on any atom is -0.460 e. The van der Waals surface area contributed by atoms with E-state index in [1.165, 1.54) is 0 Å². The molecule has 0 aromatic carbocycles. The van der Waals surface area contributed by atoms with Gasteiger partial charge in [0.15, 0.2) is 6.23 Å². The first-order valence-corrected chi connectivity index (χ1v) is 9.19. The number of hydrogen-bond acceptors (Lipinski definition) is 6. The van der Waals surface area contributed by atoms with Gasteiger partial charge in [-0.3, -0.25) is 14.5 Å². The summed E-state index contributed by atoms with van der Waals surface area (Å²) in [7, 11) is 1.70. The molecule has 6 nitrogen and oxygen atoms in total. The van der Waals surface area contributed by atoms with Crippen LogP contribution in [0.1, 0.15) is 52.4 Å². The van der Waals surface area contributed by atoms with E-state index in [2.05, 4.69) is 4.90 Å². The fourth-order valence-electron chi connectivity index (χ4n) is 4.26. The van der Waals surface area contributed by atoms with Crippen LogP contribution in [0, 0.1) is 11.8 Å². The Morgan fingerprint density at radius 3 is 2.38 bits per heavy atom. The maximum Gasteiger partial charge on any atom is 0.310 e. The van der Waals surface area contributed by atoms with Gasteiger partial charge in [-0.15, -0.1) is 0 Å². The topological polar surface area (TPSA) is 65.1 Å². The minimum absolute atomic E-state index is 0.0322. The molecule has 3 heterocycles. The molecule has 3 rings (SSSR count). The first kappa shape index (κ1) is 17.7. The lowest BCUT2D eigenvalue weighted by Gasteiger charge is -2.34. The molecular weight excluding hydrogens is 310 g/mol. The molecule has 0 saturated carbocycles. The molecule has 6 heteroatoms. The second kappa shape index (κ2) is 7.40. The first-order valence-electron chi connectivity index (χ1n) is 9.19. The highest BCUT2D eigenvalue weighted by atomic mass is 16.6. The van der Waals surface area contributed by atoms with Crippen LogP contribution >= 0.6 is 0 Å². The van der Waals surface area contributed by atoms with Crippen LogP contribution < -0.4 is 0 Å². The third kappa shape index (κ3) is 3.59. The van der Waals surface area contributed by atoms with Gasteiger partial charge >= 0.3 is 11.9 Å². The largest absolute Gasteiger partial charge is 0.460 e. The zero-order chi connectivity index (χ0) is 17.3. The van der Waals surface area contributed by atoms with E-state index in [4.69, 9.17) is 14.2 Å². The smallest absolute Gasteiger partial charge is 0.310 e. The van der Waals surface area contributed by atoms with Crippen molar-refractivity contribution in [3.05, 3.63) is 0 Å². The third-order valence-electron chi connectivity index (χ3n) is 5.74. The summed E-state index contributed by atoms with van der Waals surface area (Å²) in [5.41, 5.74) is 0. The molecule has 0 amide bonds. The average molecular weight is 339 g/mol. The van der Waals surface area contributed by atoms with Crippen molar-refractivity contribution in [2.75, 3.05) is 13.7 Å². The summed E-state index contributed by atoms with van der Waals surface area (Å²) in [5, 5.41) is 0. The number of methoxy groups -OCH3 is 1. The third-order valence-corrected chi connectivity index (χ3v) is 5.74. The molecule has 3 saturated heterocycles. The Morgan fingerprint density at radius 1 is 1.00 bits per heavy atom. The van der Waals surface area contributed by atoms with E-state index in [0.717, 1.165) is 38.6 Å². The normalized spacial score (nSPS) is 41.6. The quantitative estimate of drug-likeness (QED) is 0.718. The van der Waals surface area contributed by atoms with Crippen LogP contribution in [0.2, 0.25) is 0 Å². The van der Waals surface area contributed by atoms with Crippen LogP contribution in [0.4, 0.5) is 0 Å². The van der Waals surface area contributed by atoms with Crippen molar-refractivity contribution in [2.45, 2.75) is 76.9 Å². The Labute approximate surface area is 143 Å². The maximum atomic E-state index is 12.4. The van der Waals surface area contributed by atoms with Crippen LogP contribution in [-0.4, -0.2) is 55.0 Å². The van der Waals surface area contributed by atoms with Gasteiger partial charge in [-0.1, -0.05) is 13.8 Å². The van der Waals surface area contributed by atoms with Crippen molar-refractivity contribution < 1.29 is 23.8 Å². The summed E-state index contributed by atoms with van der Waals surface area (Å²) in [6.45, 7) is 4.68. The molecule has 6 atom stereocenters. The Morgan fingerprint density at radius 2 is 1.71 bits per heavy atom. The van der Waals surface area contributed by atoms with E-state index in [0.29, 0.717) is 6.42 Å². The zero-order valence-corrected chi connectivity index (χ0v) is 14.9. The minimum atomic E-state index is -0.182. The first-order chi connectivity index (χ1) is 11.5. The van der Waals surface area contributed by atoms with Crippen LogP contribution in [0.3, 0.4) is 0 Å². The molecule has 0 aromatic heterocycles. The van der Waals surface area contributed by atoms with Gasteiger partial charge in [0.05, 0.1) is 24.0 Å². The lowest BCUT2D eigenvalue weighted by molar-refractivity contribution is -0.167. The summed E-state index contributed by atoms with van der Waals surface area (Å²) in [4.78, 5) is 26.4. The number of rotatable bonds is 2. The van der Waals surface area contributed by atoms with Gasteiger partial charge in [-0.05, 0) is 32.1 Å². The number of carbonyl (C=O) groups is 2. The van der Waals surface area contributed by atoms with Gasteiger partial charge in [0.2, 0.25) is 0 Å². The molecule has 3 aliphatic rings. The molecule has 0 N–H and O–H groups in total. The van der Waals surface area contributed by atoms with Gasteiger partial charge < -0.3 is 14.2 Å². The van der Waals surface area contributed by atoms with Gasteiger partial charge in [-0.25, -0.2) is 0 Å². The van der Waals surface area contributed by atoms with Gasteiger partial charge in [0.25, 0.3) is 0 Å².